The SMILES string of the molecule is N#Cc1ccccc1C(=O)N1CCOCC1/C=N/C(=O)c1ccc(C(=N)NC(=O)C(F)(F)F)cc1. The number of amidine groups is 1. The van der Waals surface area contributed by atoms with Crippen LogP contribution in [0.25, 0.3) is 0 Å². The van der Waals surface area contributed by atoms with Crippen molar-refractivity contribution in [3.63, 3.8) is 0 Å². The van der Waals surface area contributed by atoms with Crippen LogP contribution < -0.4 is 5.32 Å². The minimum Gasteiger partial charge on any atom is -0.377 e. The van der Waals surface area contributed by atoms with Gasteiger partial charge in [0.25, 0.3) is 11.8 Å². The Morgan fingerprint density at radius 2 is 1.80 bits per heavy atom. The molecule has 1 saturated heterocycles. The van der Waals surface area contributed by atoms with Gasteiger partial charge in [-0.3, -0.25) is 19.8 Å². The summed E-state index contributed by atoms with van der Waals surface area (Å²) in [4.78, 5) is 41.7. The van der Waals surface area contributed by atoms with Crippen molar-refractivity contribution in [2.75, 3.05) is 19.8 Å². The van der Waals surface area contributed by atoms with Crippen LogP contribution in [0.15, 0.2) is 53.5 Å². The molecule has 180 valence electrons. The van der Waals surface area contributed by atoms with Crippen molar-refractivity contribution in [3.05, 3.63) is 70.8 Å². The highest BCUT2D eigenvalue weighted by Crippen LogP contribution is 2.16. The molecule has 1 atom stereocenters. The van der Waals surface area contributed by atoms with Gasteiger partial charge in [-0.15, -0.1) is 0 Å². The molecule has 1 fully saturated rings. The van der Waals surface area contributed by atoms with E-state index in [9.17, 15) is 32.8 Å². The zero-order valence-corrected chi connectivity index (χ0v) is 18.0. The molecule has 3 amide bonds. The summed E-state index contributed by atoms with van der Waals surface area (Å²) in [6.45, 7) is 0.590. The number of carbonyl (C=O) groups is 3. The number of benzene rings is 2. The van der Waals surface area contributed by atoms with E-state index in [1.807, 2.05) is 6.07 Å². The van der Waals surface area contributed by atoms with Gasteiger partial charge in [-0.1, -0.05) is 24.3 Å². The second-order valence-corrected chi connectivity index (χ2v) is 7.29. The fourth-order valence-corrected chi connectivity index (χ4v) is 3.18. The van der Waals surface area contributed by atoms with Gasteiger partial charge in [0.2, 0.25) is 0 Å². The first-order valence-corrected chi connectivity index (χ1v) is 10.2. The van der Waals surface area contributed by atoms with Gasteiger partial charge < -0.3 is 15.0 Å². The molecule has 0 aliphatic carbocycles. The number of halogens is 3. The van der Waals surface area contributed by atoms with E-state index in [4.69, 9.17) is 10.1 Å². The molecular formula is C23H18F3N5O4. The molecule has 0 aromatic heterocycles. The molecule has 2 aromatic rings. The number of amides is 3. The maximum atomic E-state index is 13.0. The molecule has 1 heterocycles. The number of hydrogen-bond acceptors (Lipinski definition) is 6. The third-order valence-electron chi connectivity index (χ3n) is 4.98. The number of nitriles is 1. The number of rotatable bonds is 4. The number of alkyl halides is 3. The molecule has 0 saturated carbocycles. The van der Waals surface area contributed by atoms with E-state index in [1.165, 1.54) is 52.8 Å². The lowest BCUT2D eigenvalue weighted by atomic mass is 10.1. The number of nitrogens with zero attached hydrogens (tertiary/aromatic N) is 3. The minimum absolute atomic E-state index is 0.0447. The predicted octanol–water partition coefficient (Wildman–Crippen LogP) is 2.31. The number of ether oxygens (including phenoxy) is 1. The summed E-state index contributed by atoms with van der Waals surface area (Å²) in [6.07, 6.45) is -3.88. The number of nitrogens with one attached hydrogen (secondary N) is 2. The summed E-state index contributed by atoms with van der Waals surface area (Å²) in [5, 5.41) is 18.3. The highest BCUT2D eigenvalue weighted by molar-refractivity contribution is 6.08. The number of aliphatic imine (C=N–C) groups is 1. The van der Waals surface area contributed by atoms with E-state index in [0.29, 0.717) is 0 Å². The predicted molar refractivity (Wildman–Crippen MR) is 117 cm³/mol. The van der Waals surface area contributed by atoms with E-state index < -0.39 is 35.8 Å². The topological polar surface area (TPSA) is 136 Å². The second-order valence-electron chi connectivity index (χ2n) is 7.29. The maximum absolute atomic E-state index is 13.0. The highest BCUT2D eigenvalue weighted by atomic mass is 19.4. The van der Waals surface area contributed by atoms with E-state index in [1.54, 1.807) is 12.1 Å². The fraction of sp³-hybridized carbons (Fsp3) is 0.217. The van der Waals surface area contributed by atoms with Gasteiger partial charge >= 0.3 is 12.1 Å². The summed E-state index contributed by atoms with van der Waals surface area (Å²) >= 11 is 0. The molecule has 0 radical (unpaired) electrons. The Bertz CT molecular complexity index is 1220. The van der Waals surface area contributed by atoms with E-state index in [2.05, 4.69) is 4.99 Å². The van der Waals surface area contributed by atoms with E-state index >= 15 is 0 Å². The molecule has 3 rings (SSSR count). The third kappa shape index (κ3) is 6.15. The zero-order chi connectivity index (χ0) is 25.6. The molecule has 1 aliphatic rings. The van der Waals surface area contributed by atoms with Gasteiger partial charge in [0.05, 0.1) is 36.5 Å². The Labute approximate surface area is 197 Å². The molecule has 0 bridgehead atoms. The first kappa shape index (κ1) is 25.3. The van der Waals surface area contributed by atoms with Crippen LogP contribution in [0.1, 0.15) is 31.8 Å². The third-order valence-corrected chi connectivity index (χ3v) is 4.98. The van der Waals surface area contributed by atoms with Crippen molar-refractivity contribution < 1.29 is 32.3 Å². The van der Waals surface area contributed by atoms with Gasteiger partial charge in [-0.25, -0.2) is 4.99 Å². The summed E-state index contributed by atoms with van der Waals surface area (Å²) in [5.74, 6) is -4.16. The average Bonchev–Trinajstić information content (AvgIpc) is 2.86. The summed E-state index contributed by atoms with van der Waals surface area (Å²) in [7, 11) is 0. The Morgan fingerprint density at radius 1 is 1.14 bits per heavy atom. The molecule has 12 heteroatoms. The van der Waals surface area contributed by atoms with Crippen molar-refractivity contribution >= 4 is 29.8 Å². The lowest BCUT2D eigenvalue weighted by Crippen LogP contribution is -2.49. The smallest absolute Gasteiger partial charge is 0.377 e. The molecule has 1 aliphatic heterocycles. The molecule has 9 nitrogen and oxygen atoms in total. The Balaban J connectivity index is 1.70. The second kappa shape index (κ2) is 10.7. The summed E-state index contributed by atoms with van der Waals surface area (Å²) in [6, 6.07) is 12.5. The van der Waals surface area contributed by atoms with Crippen LogP contribution >= 0.6 is 0 Å². The molecular weight excluding hydrogens is 467 g/mol. The van der Waals surface area contributed by atoms with Gasteiger partial charge in [0.1, 0.15) is 5.84 Å². The van der Waals surface area contributed by atoms with Crippen molar-refractivity contribution in [2.24, 2.45) is 4.99 Å². The lowest BCUT2D eigenvalue weighted by Gasteiger charge is -2.33. The van der Waals surface area contributed by atoms with Gasteiger partial charge in [0.15, 0.2) is 0 Å². The lowest BCUT2D eigenvalue weighted by molar-refractivity contribution is -0.171. The number of morpholine rings is 1. The van der Waals surface area contributed by atoms with E-state index in [-0.39, 0.29) is 42.0 Å². The Kier molecular flexibility index (Phi) is 7.73. The van der Waals surface area contributed by atoms with Gasteiger partial charge in [-0.2, -0.15) is 18.4 Å². The zero-order valence-electron chi connectivity index (χ0n) is 18.0. The maximum Gasteiger partial charge on any atom is 0.471 e. The Hall–Kier alpha value is -4.37. The van der Waals surface area contributed by atoms with Gasteiger partial charge in [-0.05, 0) is 24.3 Å². The van der Waals surface area contributed by atoms with Crippen molar-refractivity contribution in [3.8, 4) is 6.07 Å². The van der Waals surface area contributed by atoms with Crippen LogP contribution in [0.2, 0.25) is 0 Å². The van der Waals surface area contributed by atoms with Crippen LogP contribution in [0.4, 0.5) is 13.2 Å². The monoisotopic (exact) mass is 485 g/mol. The van der Waals surface area contributed by atoms with Crippen LogP contribution in [0, 0.1) is 16.7 Å². The number of hydrogen-bond donors (Lipinski definition) is 2. The normalized spacial score (nSPS) is 15.9. The average molecular weight is 485 g/mol. The van der Waals surface area contributed by atoms with Crippen molar-refractivity contribution in [1.29, 1.82) is 10.7 Å². The Morgan fingerprint density at radius 3 is 2.46 bits per heavy atom. The van der Waals surface area contributed by atoms with Crippen LogP contribution in [0.3, 0.4) is 0 Å². The quantitative estimate of drug-likeness (QED) is 0.506. The molecule has 2 aromatic carbocycles. The van der Waals surface area contributed by atoms with Crippen LogP contribution in [0.5, 0.6) is 0 Å². The largest absolute Gasteiger partial charge is 0.471 e. The first-order chi connectivity index (χ1) is 16.6. The molecule has 1 unspecified atom stereocenters. The fourth-order valence-electron chi connectivity index (χ4n) is 3.18. The molecule has 35 heavy (non-hydrogen) atoms. The van der Waals surface area contributed by atoms with E-state index in [0.717, 1.165) is 0 Å². The van der Waals surface area contributed by atoms with Crippen molar-refractivity contribution in [2.45, 2.75) is 12.2 Å². The molecule has 2 N–H and O–H groups in total. The summed E-state index contributed by atoms with van der Waals surface area (Å²) < 4.78 is 42.4. The molecule has 0 spiro atoms. The number of carbonyl (C=O) groups excluding carboxylic acids is 3. The van der Waals surface area contributed by atoms with Crippen LogP contribution in [-0.4, -0.2) is 66.6 Å². The minimum atomic E-state index is -5.13. The summed E-state index contributed by atoms with van der Waals surface area (Å²) in [5.41, 5.74) is 0.464. The standard InChI is InChI=1S/C23H18F3N5O4/c24-23(25,26)22(34)30-19(28)14-5-7-15(8-6-14)20(32)29-12-17-13-35-10-9-31(17)21(33)18-4-2-1-3-16(18)11-27/h1-8,12,17H,9-10,13H2,(H2,28,30,34)/b29-12+. The first-order valence-electron chi connectivity index (χ1n) is 10.2. The van der Waals surface area contributed by atoms with Crippen LogP contribution in [-0.2, 0) is 9.53 Å². The van der Waals surface area contributed by atoms with Crippen molar-refractivity contribution in [1.82, 2.24) is 10.2 Å². The highest BCUT2D eigenvalue weighted by Gasteiger charge is 2.39. The van der Waals surface area contributed by atoms with Gasteiger partial charge in [0, 0.05) is 23.9 Å².